The van der Waals surface area contributed by atoms with E-state index in [1.807, 2.05) is 0 Å². The Labute approximate surface area is 148 Å². The molecule has 0 aliphatic rings. The van der Waals surface area contributed by atoms with Gasteiger partial charge >= 0.3 is 0 Å². The summed E-state index contributed by atoms with van der Waals surface area (Å²) in [6, 6.07) is 8.45. The fourth-order valence-electron chi connectivity index (χ4n) is 2.16. The van der Waals surface area contributed by atoms with Crippen LogP contribution in [0, 0.1) is 11.6 Å². The van der Waals surface area contributed by atoms with E-state index in [-0.39, 0.29) is 11.5 Å². The van der Waals surface area contributed by atoms with E-state index in [1.165, 1.54) is 31.9 Å². The molecule has 0 saturated carbocycles. The van der Waals surface area contributed by atoms with Crippen LogP contribution in [0.2, 0.25) is 0 Å². The molecule has 0 aliphatic carbocycles. The first kappa shape index (κ1) is 18.9. The van der Waals surface area contributed by atoms with Crippen molar-refractivity contribution in [3.63, 3.8) is 0 Å². The minimum atomic E-state index is -0.825. The number of methoxy groups -OCH3 is 1. The number of hydrogen-bond acceptors (Lipinski definition) is 4. The lowest BCUT2D eigenvalue weighted by atomic mass is 10.1. The number of thioether (sulfide) groups is 1. The van der Waals surface area contributed by atoms with Gasteiger partial charge in [-0.1, -0.05) is 6.07 Å². The van der Waals surface area contributed by atoms with Crippen molar-refractivity contribution in [3.8, 4) is 5.75 Å². The van der Waals surface area contributed by atoms with E-state index < -0.39 is 23.2 Å². The number of rotatable bonds is 7. The van der Waals surface area contributed by atoms with Gasteiger partial charge in [-0.25, -0.2) is 8.78 Å². The number of benzene rings is 2. The van der Waals surface area contributed by atoms with Gasteiger partial charge in [0, 0.05) is 16.9 Å². The molecule has 0 heterocycles. The van der Waals surface area contributed by atoms with Crippen LogP contribution in [0.1, 0.15) is 22.8 Å². The van der Waals surface area contributed by atoms with E-state index in [2.05, 4.69) is 5.32 Å². The van der Waals surface area contributed by atoms with Crippen LogP contribution in [0.3, 0.4) is 0 Å². The summed E-state index contributed by atoms with van der Waals surface area (Å²) in [6.45, 7) is 1.47. The Morgan fingerprint density at radius 3 is 2.44 bits per heavy atom. The molecule has 132 valence electrons. The molecule has 2 aromatic rings. The first-order valence-electron chi connectivity index (χ1n) is 7.42. The summed E-state index contributed by atoms with van der Waals surface area (Å²) in [5, 5.41) is 2.23. The van der Waals surface area contributed by atoms with Crippen LogP contribution < -0.4 is 10.1 Å². The van der Waals surface area contributed by atoms with Crippen LogP contribution in [0.15, 0.2) is 36.4 Å². The number of para-hydroxylation sites is 1. The number of ketones is 1. The van der Waals surface area contributed by atoms with Crippen LogP contribution in [0.5, 0.6) is 5.75 Å². The lowest BCUT2D eigenvalue weighted by Crippen LogP contribution is -2.16. The molecule has 0 bridgehead atoms. The highest BCUT2D eigenvalue weighted by atomic mass is 32.2. The Morgan fingerprint density at radius 1 is 1.16 bits per heavy atom. The number of Topliss-reactive ketones (excluding diaryl/α,β-unsaturated/α-hetero) is 1. The molecule has 0 radical (unpaired) electrons. The molecular weight excluding hydrogens is 348 g/mol. The lowest BCUT2D eigenvalue weighted by Gasteiger charge is -2.10. The molecule has 0 atom stereocenters. The smallest absolute Gasteiger partial charge is 0.234 e. The second-order valence-corrected chi connectivity index (χ2v) is 6.21. The van der Waals surface area contributed by atoms with Gasteiger partial charge in [0.15, 0.2) is 5.78 Å². The molecule has 2 rings (SSSR count). The average Bonchev–Trinajstić information content (AvgIpc) is 2.58. The van der Waals surface area contributed by atoms with Crippen molar-refractivity contribution < 1.29 is 23.1 Å². The zero-order valence-electron chi connectivity index (χ0n) is 13.8. The van der Waals surface area contributed by atoms with Gasteiger partial charge in [-0.15, -0.1) is 11.8 Å². The second kappa shape index (κ2) is 8.62. The molecule has 0 aliphatic heterocycles. The third kappa shape index (κ3) is 5.03. The summed E-state index contributed by atoms with van der Waals surface area (Å²) >= 11 is 1.25. The molecule has 2 aromatic carbocycles. The van der Waals surface area contributed by atoms with Gasteiger partial charge in [0.1, 0.15) is 23.1 Å². The van der Waals surface area contributed by atoms with Gasteiger partial charge in [0.2, 0.25) is 5.91 Å². The van der Waals surface area contributed by atoms with Crippen LogP contribution in [-0.2, 0) is 10.5 Å². The van der Waals surface area contributed by atoms with Gasteiger partial charge in [0.05, 0.1) is 12.9 Å². The maximum absolute atomic E-state index is 13.5. The zero-order chi connectivity index (χ0) is 18.4. The van der Waals surface area contributed by atoms with Crippen molar-refractivity contribution in [2.45, 2.75) is 12.7 Å². The van der Waals surface area contributed by atoms with Gasteiger partial charge < -0.3 is 10.1 Å². The fraction of sp³-hybridized carbons (Fsp3) is 0.222. The van der Waals surface area contributed by atoms with Crippen molar-refractivity contribution in [3.05, 3.63) is 59.2 Å². The molecule has 0 saturated heterocycles. The molecule has 1 N–H and O–H groups in total. The Bertz CT molecular complexity index is 776. The zero-order valence-corrected chi connectivity index (χ0v) is 14.6. The lowest BCUT2D eigenvalue weighted by molar-refractivity contribution is -0.113. The van der Waals surface area contributed by atoms with E-state index in [4.69, 9.17) is 4.74 Å². The highest BCUT2D eigenvalue weighted by Crippen LogP contribution is 2.25. The molecule has 0 aromatic heterocycles. The monoisotopic (exact) mass is 365 g/mol. The predicted molar refractivity (Wildman–Crippen MR) is 94.1 cm³/mol. The maximum Gasteiger partial charge on any atom is 0.234 e. The third-order valence-electron chi connectivity index (χ3n) is 3.40. The summed E-state index contributed by atoms with van der Waals surface area (Å²) in [5.41, 5.74) is 0.864. The van der Waals surface area contributed by atoms with Gasteiger partial charge in [-0.3, -0.25) is 9.59 Å². The molecule has 0 fully saturated rings. The topological polar surface area (TPSA) is 55.4 Å². The Hall–Kier alpha value is -2.41. The van der Waals surface area contributed by atoms with E-state index in [1.54, 1.807) is 18.2 Å². The highest BCUT2D eigenvalue weighted by molar-refractivity contribution is 7.99. The van der Waals surface area contributed by atoms with Crippen LogP contribution in [0.4, 0.5) is 14.5 Å². The van der Waals surface area contributed by atoms with E-state index in [0.29, 0.717) is 17.1 Å². The summed E-state index contributed by atoms with van der Waals surface area (Å²) < 4.78 is 32.3. The van der Waals surface area contributed by atoms with Gasteiger partial charge in [-0.2, -0.15) is 0 Å². The van der Waals surface area contributed by atoms with Crippen molar-refractivity contribution in [1.82, 2.24) is 0 Å². The van der Waals surface area contributed by atoms with E-state index >= 15 is 0 Å². The van der Waals surface area contributed by atoms with Gasteiger partial charge in [-0.05, 0) is 37.3 Å². The second-order valence-electron chi connectivity index (χ2n) is 5.22. The average molecular weight is 365 g/mol. The molecular formula is C18H17F2NO3S. The first-order valence-corrected chi connectivity index (χ1v) is 8.57. The van der Waals surface area contributed by atoms with Crippen LogP contribution >= 0.6 is 11.8 Å². The summed E-state index contributed by atoms with van der Waals surface area (Å²) in [6.07, 6.45) is 0. The molecule has 1 amide bonds. The normalized spacial score (nSPS) is 10.4. The molecule has 7 heteroatoms. The van der Waals surface area contributed by atoms with Crippen LogP contribution in [0.25, 0.3) is 0 Å². The Balaban J connectivity index is 1.97. The first-order chi connectivity index (χ1) is 11.9. The van der Waals surface area contributed by atoms with Crippen molar-refractivity contribution >= 4 is 29.1 Å². The van der Waals surface area contributed by atoms with E-state index in [0.717, 1.165) is 17.7 Å². The molecule has 0 unspecified atom stereocenters. The molecule has 4 nitrogen and oxygen atoms in total. The highest BCUT2D eigenvalue weighted by Gasteiger charge is 2.13. The Morgan fingerprint density at radius 2 is 1.84 bits per heavy atom. The number of carbonyl (C=O) groups is 2. The number of carbonyl (C=O) groups excluding carboxylic acids is 2. The standard InChI is InChI=1S/C18H17F2NO3S/c1-11(22)12-6-7-16(24-2)13(8-12)9-25-10-17(23)21-18-14(19)4-3-5-15(18)20/h3-8H,9-10H2,1-2H3,(H,21,23). The number of amides is 1. The molecule has 25 heavy (non-hydrogen) atoms. The minimum absolute atomic E-state index is 0.00122. The number of ether oxygens (including phenoxy) is 1. The maximum atomic E-state index is 13.5. The Kier molecular flexibility index (Phi) is 6.52. The summed E-state index contributed by atoms with van der Waals surface area (Å²) in [7, 11) is 1.52. The predicted octanol–water partition coefficient (Wildman–Crippen LogP) is 4.05. The quantitative estimate of drug-likeness (QED) is 0.752. The fourth-order valence-corrected chi connectivity index (χ4v) is 2.96. The third-order valence-corrected chi connectivity index (χ3v) is 4.39. The number of anilines is 1. The largest absolute Gasteiger partial charge is 0.496 e. The SMILES string of the molecule is COc1ccc(C(C)=O)cc1CSCC(=O)Nc1c(F)cccc1F. The van der Waals surface area contributed by atoms with Crippen LogP contribution in [-0.4, -0.2) is 24.6 Å². The van der Waals surface area contributed by atoms with E-state index in [9.17, 15) is 18.4 Å². The number of hydrogen-bond donors (Lipinski definition) is 1. The van der Waals surface area contributed by atoms with Gasteiger partial charge in [0.25, 0.3) is 0 Å². The van der Waals surface area contributed by atoms with Crippen molar-refractivity contribution in [2.24, 2.45) is 0 Å². The number of nitrogens with one attached hydrogen (secondary N) is 1. The summed E-state index contributed by atoms with van der Waals surface area (Å²) in [4.78, 5) is 23.3. The minimum Gasteiger partial charge on any atom is -0.496 e. The number of halogens is 2. The summed E-state index contributed by atoms with van der Waals surface area (Å²) in [5.74, 6) is -1.21. The van der Waals surface area contributed by atoms with Crippen molar-refractivity contribution in [1.29, 1.82) is 0 Å². The van der Waals surface area contributed by atoms with Crippen molar-refractivity contribution in [2.75, 3.05) is 18.2 Å². The molecule has 0 spiro atoms.